The molecule has 1 aromatic carbocycles. The van der Waals surface area contributed by atoms with Crippen LogP contribution in [0.2, 0.25) is 0 Å². The number of methoxy groups -OCH3 is 1. The van der Waals surface area contributed by atoms with Gasteiger partial charge in [-0.1, -0.05) is 0 Å². The summed E-state index contributed by atoms with van der Waals surface area (Å²) in [7, 11) is 0.376. The maximum absolute atomic E-state index is 14.0. The maximum Gasteiger partial charge on any atom is 0.201 e. The zero-order chi connectivity index (χ0) is 15.1. The third-order valence-corrected chi connectivity index (χ3v) is 6.64. The summed E-state index contributed by atoms with van der Waals surface area (Å²) in [6, 6.07) is 2.54. The van der Waals surface area contributed by atoms with Gasteiger partial charge in [0.25, 0.3) is 0 Å². The summed E-state index contributed by atoms with van der Waals surface area (Å²) in [6.45, 7) is 0. The highest BCUT2D eigenvalue weighted by Gasteiger charge is 2.43. The number of carbonyl (C=O) groups excluding carboxylic acids is 1. The lowest BCUT2D eigenvalue weighted by molar-refractivity contribution is 0.0900. The van der Waals surface area contributed by atoms with Crippen LogP contribution in [0.15, 0.2) is 12.1 Å². The van der Waals surface area contributed by atoms with Crippen LogP contribution in [-0.4, -0.2) is 27.6 Å². The Labute approximate surface area is 124 Å². The molecule has 0 saturated carbocycles. The van der Waals surface area contributed by atoms with Gasteiger partial charge in [0.2, 0.25) is 5.82 Å². The second kappa shape index (κ2) is 5.48. The largest absolute Gasteiger partial charge is 0.494 e. The van der Waals surface area contributed by atoms with Crippen molar-refractivity contribution in [1.82, 2.24) is 0 Å². The standard InChI is InChI=1S/C15H16F2O3S/c1-20-12-5-4-11(13(16)14(12)17)15(18)8-6-9-2-3-10(7-8)21(9)19/h4-5,8-10H,2-3,6-7H2,1H3. The molecular weight excluding hydrogens is 298 g/mol. The molecule has 0 N–H and O–H groups in total. The van der Waals surface area contributed by atoms with Gasteiger partial charge in [-0.15, -0.1) is 0 Å². The number of hydrogen-bond acceptors (Lipinski definition) is 3. The number of Topliss-reactive ketones (excluding diaryl/α,β-unsaturated/α-hetero) is 1. The normalized spacial score (nSPS) is 31.2. The molecule has 0 radical (unpaired) electrons. The zero-order valence-electron chi connectivity index (χ0n) is 11.6. The Morgan fingerprint density at radius 3 is 2.38 bits per heavy atom. The van der Waals surface area contributed by atoms with Gasteiger partial charge in [-0.25, -0.2) is 4.39 Å². The molecule has 0 aliphatic carbocycles. The highest BCUT2D eigenvalue weighted by Crippen LogP contribution is 2.40. The van der Waals surface area contributed by atoms with E-state index in [0.29, 0.717) is 12.8 Å². The van der Waals surface area contributed by atoms with E-state index in [2.05, 4.69) is 0 Å². The SMILES string of the molecule is COc1ccc(C(=O)C2CC3CCC(C2)S3=O)c(F)c1F. The zero-order valence-corrected chi connectivity index (χ0v) is 12.4. The Bertz CT molecular complexity index is 601. The van der Waals surface area contributed by atoms with Crippen LogP contribution in [0.5, 0.6) is 5.75 Å². The molecule has 2 aliphatic rings. The van der Waals surface area contributed by atoms with Crippen LogP contribution >= 0.6 is 0 Å². The van der Waals surface area contributed by atoms with Gasteiger partial charge in [-0.3, -0.25) is 9.00 Å². The molecule has 2 bridgehead atoms. The summed E-state index contributed by atoms with van der Waals surface area (Å²) < 4.78 is 44.4. The van der Waals surface area contributed by atoms with Crippen molar-refractivity contribution in [3.8, 4) is 5.75 Å². The Hall–Kier alpha value is -1.30. The quantitative estimate of drug-likeness (QED) is 0.806. The van der Waals surface area contributed by atoms with E-state index in [4.69, 9.17) is 4.74 Å². The molecule has 21 heavy (non-hydrogen) atoms. The van der Waals surface area contributed by atoms with Gasteiger partial charge in [0.05, 0.1) is 12.7 Å². The van der Waals surface area contributed by atoms with Crippen molar-refractivity contribution in [1.29, 1.82) is 0 Å². The summed E-state index contributed by atoms with van der Waals surface area (Å²) in [5.41, 5.74) is -0.231. The van der Waals surface area contributed by atoms with Gasteiger partial charge in [0.1, 0.15) is 0 Å². The van der Waals surface area contributed by atoms with Crippen molar-refractivity contribution >= 4 is 16.6 Å². The number of ether oxygens (including phenoxy) is 1. The van der Waals surface area contributed by atoms with Crippen molar-refractivity contribution in [2.24, 2.45) is 5.92 Å². The summed E-state index contributed by atoms with van der Waals surface area (Å²) in [5.74, 6) is -3.25. The average Bonchev–Trinajstić information content (AvgIpc) is 2.70. The number of benzene rings is 1. The molecule has 0 spiro atoms. The van der Waals surface area contributed by atoms with Crippen LogP contribution in [0.25, 0.3) is 0 Å². The highest BCUT2D eigenvalue weighted by atomic mass is 32.2. The third kappa shape index (κ3) is 2.39. The minimum Gasteiger partial charge on any atom is -0.494 e. The summed E-state index contributed by atoms with van der Waals surface area (Å²) >= 11 is 0. The van der Waals surface area contributed by atoms with E-state index in [1.807, 2.05) is 0 Å². The number of carbonyl (C=O) groups is 1. The Morgan fingerprint density at radius 1 is 1.19 bits per heavy atom. The van der Waals surface area contributed by atoms with Crippen LogP contribution in [0, 0.1) is 17.6 Å². The molecule has 114 valence electrons. The van der Waals surface area contributed by atoms with Gasteiger partial charge in [-0.2, -0.15) is 4.39 Å². The van der Waals surface area contributed by atoms with E-state index < -0.39 is 22.4 Å². The fourth-order valence-electron chi connectivity index (χ4n) is 3.35. The summed E-state index contributed by atoms with van der Waals surface area (Å²) in [5, 5.41) is 0.0627. The molecule has 2 aliphatic heterocycles. The molecule has 2 fully saturated rings. The lowest BCUT2D eigenvalue weighted by Gasteiger charge is -2.26. The molecular formula is C15H16F2O3S. The topological polar surface area (TPSA) is 43.4 Å². The highest BCUT2D eigenvalue weighted by molar-refractivity contribution is 7.86. The molecule has 3 rings (SSSR count). The van der Waals surface area contributed by atoms with Crippen LogP contribution < -0.4 is 4.74 Å². The van der Waals surface area contributed by atoms with Gasteiger partial charge < -0.3 is 4.74 Å². The van der Waals surface area contributed by atoms with E-state index in [1.165, 1.54) is 19.2 Å². The Morgan fingerprint density at radius 2 is 1.81 bits per heavy atom. The Balaban J connectivity index is 1.86. The number of halogens is 2. The molecule has 0 aromatic heterocycles. The molecule has 2 heterocycles. The van der Waals surface area contributed by atoms with Crippen molar-refractivity contribution in [3.05, 3.63) is 29.3 Å². The van der Waals surface area contributed by atoms with Gasteiger partial charge in [0, 0.05) is 27.2 Å². The molecule has 2 saturated heterocycles. The second-order valence-electron chi connectivity index (χ2n) is 5.63. The maximum atomic E-state index is 14.0. The van der Waals surface area contributed by atoms with Crippen molar-refractivity contribution in [2.45, 2.75) is 36.2 Å². The van der Waals surface area contributed by atoms with E-state index in [9.17, 15) is 17.8 Å². The molecule has 3 nitrogen and oxygen atoms in total. The number of fused-ring (bicyclic) bond motifs is 2. The average molecular weight is 314 g/mol. The smallest absolute Gasteiger partial charge is 0.201 e. The minimum absolute atomic E-state index is 0.0313. The van der Waals surface area contributed by atoms with E-state index >= 15 is 0 Å². The monoisotopic (exact) mass is 314 g/mol. The first-order chi connectivity index (χ1) is 10.0. The number of hydrogen-bond donors (Lipinski definition) is 0. The minimum atomic E-state index is -1.15. The predicted octanol–water partition coefficient (Wildman–Crippen LogP) is 2.85. The van der Waals surface area contributed by atoms with Crippen LogP contribution in [0.1, 0.15) is 36.0 Å². The number of rotatable bonds is 3. The van der Waals surface area contributed by atoms with Crippen molar-refractivity contribution < 1.29 is 22.5 Å². The predicted molar refractivity (Wildman–Crippen MR) is 74.9 cm³/mol. The number of ketones is 1. The van der Waals surface area contributed by atoms with E-state index in [1.54, 1.807) is 0 Å². The lowest BCUT2D eigenvalue weighted by Crippen LogP contribution is -2.32. The van der Waals surface area contributed by atoms with Gasteiger partial charge in [-0.05, 0) is 37.8 Å². The van der Waals surface area contributed by atoms with Crippen molar-refractivity contribution in [2.75, 3.05) is 7.11 Å². The molecule has 2 atom stereocenters. The fourth-order valence-corrected chi connectivity index (χ4v) is 5.47. The molecule has 6 heteroatoms. The van der Waals surface area contributed by atoms with Crippen molar-refractivity contribution in [3.63, 3.8) is 0 Å². The van der Waals surface area contributed by atoms with E-state index in [0.717, 1.165) is 12.8 Å². The summed E-state index contributed by atoms with van der Waals surface area (Å²) in [6.07, 6.45) is 2.74. The third-order valence-electron chi connectivity index (χ3n) is 4.47. The van der Waals surface area contributed by atoms with Crippen LogP contribution in [0.4, 0.5) is 8.78 Å². The van der Waals surface area contributed by atoms with Crippen LogP contribution in [0.3, 0.4) is 0 Å². The van der Waals surface area contributed by atoms with Crippen LogP contribution in [-0.2, 0) is 10.8 Å². The fraction of sp³-hybridized carbons (Fsp3) is 0.533. The molecule has 1 aromatic rings. The van der Waals surface area contributed by atoms with Gasteiger partial charge in [0.15, 0.2) is 17.3 Å². The molecule has 0 amide bonds. The summed E-state index contributed by atoms with van der Waals surface area (Å²) in [4.78, 5) is 12.5. The van der Waals surface area contributed by atoms with E-state index in [-0.39, 0.29) is 33.5 Å². The molecule has 2 unspecified atom stereocenters. The second-order valence-corrected chi connectivity index (χ2v) is 7.62. The van der Waals surface area contributed by atoms with Gasteiger partial charge >= 0.3 is 0 Å². The lowest BCUT2D eigenvalue weighted by atomic mass is 9.90. The first-order valence-corrected chi connectivity index (χ1v) is 8.26. The first-order valence-electron chi connectivity index (χ1n) is 6.98. The first kappa shape index (κ1) is 14.6. The Kier molecular flexibility index (Phi) is 3.82.